The van der Waals surface area contributed by atoms with Gasteiger partial charge in [-0.05, 0) is 56.1 Å². The molecular formula is C15H25FN2. The zero-order valence-electron chi connectivity index (χ0n) is 11.9. The summed E-state index contributed by atoms with van der Waals surface area (Å²) >= 11 is 0. The summed E-state index contributed by atoms with van der Waals surface area (Å²) in [6.45, 7) is 9.09. The molecule has 18 heavy (non-hydrogen) atoms. The molecule has 1 rings (SSSR count). The first kappa shape index (κ1) is 15.1. The van der Waals surface area contributed by atoms with Crippen LogP contribution in [-0.2, 0) is 6.54 Å². The van der Waals surface area contributed by atoms with Crippen LogP contribution in [0.5, 0.6) is 0 Å². The number of halogens is 1. The van der Waals surface area contributed by atoms with E-state index in [1.54, 1.807) is 13.0 Å². The Balaban J connectivity index is 2.42. The monoisotopic (exact) mass is 252 g/mol. The Morgan fingerprint density at radius 1 is 1.22 bits per heavy atom. The van der Waals surface area contributed by atoms with Gasteiger partial charge in [-0.15, -0.1) is 0 Å². The molecule has 2 N–H and O–H groups in total. The van der Waals surface area contributed by atoms with E-state index in [9.17, 15) is 4.39 Å². The molecule has 0 aliphatic rings. The van der Waals surface area contributed by atoms with Crippen molar-refractivity contribution in [2.75, 3.05) is 20.1 Å². The number of aryl methyl sites for hydroxylation is 1. The Bertz CT molecular complexity index is 364. The molecule has 1 unspecified atom stereocenters. The molecule has 1 atom stereocenters. The van der Waals surface area contributed by atoms with E-state index >= 15 is 0 Å². The van der Waals surface area contributed by atoms with Crippen LogP contribution in [0.4, 0.5) is 4.39 Å². The number of hydrogen-bond donors (Lipinski definition) is 2. The Morgan fingerprint density at radius 2 is 1.94 bits per heavy atom. The highest BCUT2D eigenvalue weighted by Crippen LogP contribution is 2.11. The van der Waals surface area contributed by atoms with Gasteiger partial charge in [-0.25, -0.2) is 4.39 Å². The van der Waals surface area contributed by atoms with Crippen molar-refractivity contribution in [3.8, 4) is 0 Å². The molecule has 0 aromatic heterocycles. The van der Waals surface area contributed by atoms with Gasteiger partial charge in [-0.2, -0.15) is 0 Å². The first-order chi connectivity index (χ1) is 8.54. The third-order valence-corrected chi connectivity index (χ3v) is 3.37. The highest BCUT2D eigenvalue weighted by atomic mass is 19.1. The summed E-state index contributed by atoms with van der Waals surface area (Å²) in [6.07, 6.45) is 0. The number of hydrogen-bond acceptors (Lipinski definition) is 2. The lowest BCUT2D eigenvalue weighted by molar-refractivity contribution is 0.352. The van der Waals surface area contributed by atoms with Crippen molar-refractivity contribution in [2.24, 2.45) is 11.8 Å². The average molecular weight is 252 g/mol. The minimum absolute atomic E-state index is 0.131. The molecule has 1 aromatic rings. The van der Waals surface area contributed by atoms with E-state index in [2.05, 4.69) is 24.5 Å². The highest BCUT2D eigenvalue weighted by molar-refractivity contribution is 5.23. The summed E-state index contributed by atoms with van der Waals surface area (Å²) < 4.78 is 13.1. The molecule has 3 heteroatoms. The zero-order chi connectivity index (χ0) is 13.5. The maximum Gasteiger partial charge on any atom is 0.126 e. The van der Waals surface area contributed by atoms with E-state index in [1.165, 1.54) is 0 Å². The van der Waals surface area contributed by atoms with Gasteiger partial charge in [0, 0.05) is 6.54 Å². The third-order valence-electron chi connectivity index (χ3n) is 3.37. The lowest BCUT2D eigenvalue weighted by Crippen LogP contribution is -2.32. The number of rotatable bonds is 7. The molecule has 2 nitrogen and oxygen atoms in total. The van der Waals surface area contributed by atoms with Crippen LogP contribution in [0.1, 0.15) is 25.0 Å². The minimum atomic E-state index is -0.131. The van der Waals surface area contributed by atoms with Crippen molar-refractivity contribution in [3.63, 3.8) is 0 Å². The molecule has 0 fully saturated rings. The van der Waals surface area contributed by atoms with Crippen molar-refractivity contribution in [2.45, 2.75) is 27.3 Å². The Morgan fingerprint density at radius 3 is 2.50 bits per heavy atom. The highest BCUT2D eigenvalue weighted by Gasteiger charge is 2.11. The Hall–Kier alpha value is -0.930. The van der Waals surface area contributed by atoms with Crippen LogP contribution in [-0.4, -0.2) is 20.1 Å². The average Bonchev–Trinajstić information content (AvgIpc) is 2.32. The maximum atomic E-state index is 13.1. The number of nitrogens with one attached hydrogen (secondary N) is 2. The fraction of sp³-hybridized carbons (Fsp3) is 0.600. The third kappa shape index (κ3) is 4.75. The lowest BCUT2D eigenvalue weighted by Gasteiger charge is -2.21. The molecule has 1 aromatic carbocycles. The zero-order valence-corrected chi connectivity index (χ0v) is 11.9. The smallest absolute Gasteiger partial charge is 0.126 e. The van der Waals surface area contributed by atoms with Crippen molar-refractivity contribution < 1.29 is 4.39 Å². The van der Waals surface area contributed by atoms with Gasteiger partial charge in [-0.1, -0.05) is 26.0 Å². The molecule has 0 bridgehead atoms. The minimum Gasteiger partial charge on any atom is -0.319 e. The van der Waals surface area contributed by atoms with Gasteiger partial charge in [-0.3, -0.25) is 0 Å². The van der Waals surface area contributed by atoms with Gasteiger partial charge < -0.3 is 10.6 Å². The van der Waals surface area contributed by atoms with Crippen molar-refractivity contribution in [1.82, 2.24) is 10.6 Å². The van der Waals surface area contributed by atoms with E-state index in [0.717, 1.165) is 25.2 Å². The second-order valence-corrected chi connectivity index (χ2v) is 5.28. The predicted molar refractivity (Wildman–Crippen MR) is 75.1 cm³/mol. The van der Waals surface area contributed by atoms with Gasteiger partial charge in [0.25, 0.3) is 0 Å². The summed E-state index contributed by atoms with van der Waals surface area (Å²) in [5, 5.41) is 6.68. The molecule has 0 amide bonds. The van der Waals surface area contributed by atoms with Crippen LogP contribution >= 0.6 is 0 Å². The van der Waals surface area contributed by atoms with Crippen molar-refractivity contribution >= 4 is 0 Å². The van der Waals surface area contributed by atoms with Crippen molar-refractivity contribution in [3.05, 3.63) is 35.1 Å². The molecule has 0 radical (unpaired) electrons. The van der Waals surface area contributed by atoms with Crippen LogP contribution < -0.4 is 10.6 Å². The maximum absolute atomic E-state index is 13.1. The van der Waals surface area contributed by atoms with E-state index in [0.29, 0.717) is 17.4 Å². The topological polar surface area (TPSA) is 24.1 Å². The molecular weight excluding hydrogens is 227 g/mol. The summed E-state index contributed by atoms with van der Waals surface area (Å²) in [5.74, 6) is 1.14. The summed E-state index contributed by atoms with van der Waals surface area (Å²) in [6, 6.07) is 5.29. The van der Waals surface area contributed by atoms with Crippen LogP contribution in [0.3, 0.4) is 0 Å². The van der Waals surface area contributed by atoms with E-state index in [4.69, 9.17) is 0 Å². The van der Waals surface area contributed by atoms with Crippen LogP contribution in [0.15, 0.2) is 18.2 Å². The Labute approximate surface area is 110 Å². The molecule has 0 aliphatic carbocycles. The van der Waals surface area contributed by atoms with E-state index in [-0.39, 0.29) is 5.82 Å². The van der Waals surface area contributed by atoms with Crippen LogP contribution in [0, 0.1) is 24.6 Å². The largest absolute Gasteiger partial charge is 0.319 e. The van der Waals surface area contributed by atoms with Gasteiger partial charge in [0.2, 0.25) is 0 Å². The summed E-state index contributed by atoms with van der Waals surface area (Å²) in [5.41, 5.74) is 1.85. The molecule has 0 saturated carbocycles. The Kier molecular flexibility index (Phi) is 6.30. The van der Waals surface area contributed by atoms with Crippen molar-refractivity contribution in [1.29, 1.82) is 0 Å². The van der Waals surface area contributed by atoms with E-state index in [1.807, 2.05) is 19.2 Å². The molecule has 0 saturated heterocycles. The second kappa shape index (κ2) is 7.49. The van der Waals surface area contributed by atoms with Crippen LogP contribution in [0.25, 0.3) is 0 Å². The fourth-order valence-corrected chi connectivity index (χ4v) is 2.02. The lowest BCUT2D eigenvalue weighted by atomic mass is 9.95. The standard InChI is InChI=1S/C15H25FN2/c1-11(2)14(9-17-4)10-18-8-13-5-6-15(16)12(3)7-13/h5-7,11,14,17-18H,8-10H2,1-4H3. The van der Waals surface area contributed by atoms with Gasteiger partial charge in [0.05, 0.1) is 0 Å². The van der Waals surface area contributed by atoms with Gasteiger partial charge in [0.15, 0.2) is 0 Å². The normalized spacial score (nSPS) is 13.0. The van der Waals surface area contributed by atoms with Gasteiger partial charge in [0.1, 0.15) is 5.82 Å². The van der Waals surface area contributed by atoms with Crippen LogP contribution in [0.2, 0.25) is 0 Å². The fourth-order valence-electron chi connectivity index (χ4n) is 2.02. The number of benzene rings is 1. The van der Waals surface area contributed by atoms with Gasteiger partial charge >= 0.3 is 0 Å². The molecule has 0 aliphatic heterocycles. The molecule has 102 valence electrons. The first-order valence-electron chi connectivity index (χ1n) is 6.65. The second-order valence-electron chi connectivity index (χ2n) is 5.28. The molecule has 0 heterocycles. The SMILES string of the molecule is CNCC(CNCc1ccc(F)c(C)c1)C(C)C. The first-order valence-corrected chi connectivity index (χ1v) is 6.65. The summed E-state index contributed by atoms with van der Waals surface area (Å²) in [4.78, 5) is 0. The van der Waals surface area contributed by atoms with E-state index < -0.39 is 0 Å². The quantitative estimate of drug-likeness (QED) is 0.779. The predicted octanol–water partition coefficient (Wildman–Crippen LogP) is 2.72. The molecule has 0 spiro atoms. The summed E-state index contributed by atoms with van der Waals surface area (Å²) in [7, 11) is 1.98.